The number of hydrogen-bond donors (Lipinski definition) is 0. The Morgan fingerprint density at radius 3 is 2.50 bits per heavy atom. The topological polar surface area (TPSA) is 6.48 Å². The van der Waals surface area contributed by atoms with Crippen LogP contribution in [0.3, 0.4) is 0 Å². The minimum Gasteiger partial charge on any atom is -0.301 e. The summed E-state index contributed by atoms with van der Waals surface area (Å²) in [6.45, 7) is 8.53. The van der Waals surface area contributed by atoms with Crippen molar-refractivity contribution in [2.75, 3.05) is 32.7 Å². The Kier molecular flexibility index (Phi) is 3.67. The fraction of sp³-hybridized carbons (Fsp3) is 0.625. The molecule has 1 atom stereocenters. The highest BCUT2D eigenvalue weighted by Crippen LogP contribution is 2.25. The summed E-state index contributed by atoms with van der Waals surface area (Å²) in [5, 5.41) is 0. The molecule has 1 saturated heterocycles. The van der Waals surface area contributed by atoms with Crippen molar-refractivity contribution in [1.29, 1.82) is 0 Å². The average molecular weight is 244 g/mol. The van der Waals surface area contributed by atoms with Gasteiger partial charge in [-0.2, -0.15) is 0 Å². The number of piperazine rings is 1. The molecule has 2 heteroatoms. The van der Waals surface area contributed by atoms with E-state index in [-0.39, 0.29) is 0 Å². The lowest BCUT2D eigenvalue weighted by Crippen LogP contribution is -2.51. The van der Waals surface area contributed by atoms with E-state index in [9.17, 15) is 0 Å². The molecule has 1 fully saturated rings. The molecule has 1 aliphatic heterocycles. The Morgan fingerprint density at radius 1 is 1.06 bits per heavy atom. The lowest BCUT2D eigenvalue weighted by Gasteiger charge is -2.40. The van der Waals surface area contributed by atoms with Crippen LogP contribution in [0, 0.1) is 0 Å². The third kappa shape index (κ3) is 2.45. The zero-order chi connectivity index (χ0) is 12.4. The quantitative estimate of drug-likeness (QED) is 0.787. The highest BCUT2D eigenvalue weighted by molar-refractivity contribution is 5.30. The predicted molar refractivity (Wildman–Crippen MR) is 75.9 cm³/mol. The van der Waals surface area contributed by atoms with Gasteiger partial charge in [0.15, 0.2) is 0 Å². The van der Waals surface area contributed by atoms with Crippen LogP contribution in [0.2, 0.25) is 0 Å². The number of nitrogens with zero attached hydrogens (tertiary/aromatic N) is 2. The van der Waals surface area contributed by atoms with Crippen LogP contribution in [0.5, 0.6) is 0 Å². The van der Waals surface area contributed by atoms with Crippen LogP contribution < -0.4 is 0 Å². The normalized spacial score (nSPS) is 25.9. The number of aryl methyl sites for hydroxylation is 1. The van der Waals surface area contributed by atoms with E-state index in [1.165, 1.54) is 52.0 Å². The number of likely N-dealkylation sites (N-methyl/N-ethyl adjacent to an activating group) is 1. The Labute approximate surface area is 111 Å². The first-order valence-electron chi connectivity index (χ1n) is 7.40. The van der Waals surface area contributed by atoms with Crippen LogP contribution in [0.1, 0.15) is 24.5 Å². The van der Waals surface area contributed by atoms with Gasteiger partial charge in [-0.05, 0) is 36.9 Å². The first kappa shape index (κ1) is 12.2. The van der Waals surface area contributed by atoms with Crippen molar-refractivity contribution >= 4 is 0 Å². The molecular weight excluding hydrogens is 220 g/mol. The average Bonchev–Trinajstić information content (AvgIpc) is 2.47. The molecule has 98 valence electrons. The largest absolute Gasteiger partial charge is 0.301 e. The lowest BCUT2D eigenvalue weighted by molar-refractivity contribution is 0.0927. The van der Waals surface area contributed by atoms with E-state index in [1.54, 1.807) is 11.1 Å². The first-order valence-corrected chi connectivity index (χ1v) is 7.40. The second-order valence-electron chi connectivity index (χ2n) is 5.64. The number of hydrogen-bond acceptors (Lipinski definition) is 2. The monoisotopic (exact) mass is 244 g/mol. The first-order chi connectivity index (χ1) is 8.86. The van der Waals surface area contributed by atoms with Gasteiger partial charge < -0.3 is 4.90 Å². The molecule has 1 aromatic rings. The molecule has 0 amide bonds. The zero-order valence-corrected chi connectivity index (χ0v) is 11.4. The smallest absolute Gasteiger partial charge is 0.0140 e. The SMILES string of the molecule is CCN1CCN([C@@H]2CCc3ccccc3C2)CC1. The molecular formula is C16H24N2. The maximum absolute atomic E-state index is 2.72. The molecule has 0 radical (unpaired) electrons. The highest BCUT2D eigenvalue weighted by Gasteiger charge is 2.26. The van der Waals surface area contributed by atoms with Crippen molar-refractivity contribution in [1.82, 2.24) is 9.80 Å². The van der Waals surface area contributed by atoms with Crippen LogP contribution in [-0.4, -0.2) is 48.6 Å². The summed E-state index contributed by atoms with van der Waals surface area (Å²) in [6, 6.07) is 9.79. The van der Waals surface area contributed by atoms with E-state index in [4.69, 9.17) is 0 Å². The molecule has 2 nitrogen and oxygen atoms in total. The maximum atomic E-state index is 2.72. The molecule has 0 bridgehead atoms. The summed E-state index contributed by atoms with van der Waals surface area (Å²) in [5.41, 5.74) is 3.17. The molecule has 0 saturated carbocycles. The van der Waals surface area contributed by atoms with E-state index < -0.39 is 0 Å². The summed E-state index contributed by atoms with van der Waals surface area (Å²) >= 11 is 0. The molecule has 0 N–H and O–H groups in total. The van der Waals surface area contributed by atoms with Crippen molar-refractivity contribution in [2.24, 2.45) is 0 Å². The minimum absolute atomic E-state index is 0.791. The second-order valence-corrected chi connectivity index (χ2v) is 5.64. The van der Waals surface area contributed by atoms with Crippen molar-refractivity contribution in [2.45, 2.75) is 32.2 Å². The van der Waals surface area contributed by atoms with Crippen LogP contribution in [0.15, 0.2) is 24.3 Å². The van der Waals surface area contributed by atoms with Gasteiger partial charge in [0.25, 0.3) is 0 Å². The van der Waals surface area contributed by atoms with Crippen LogP contribution in [-0.2, 0) is 12.8 Å². The van der Waals surface area contributed by atoms with E-state index in [1.807, 2.05) is 0 Å². The maximum Gasteiger partial charge on any atom is 0.0140 e. The van der Waals surface area contributed by atoms with Crippen LogP contribution >= 0.6 is 0 Å². The summed E-state index contributed by atoms with van der Waals surface area (Å²) in [4.78, 5) is 5.29. The summed E-state index contributed by atoms with van der Waals surface area (Å²) in [5.74, 6) is 0. The molecule has 1 aliphatic carbocycles. The lowest BCUT2D eigenvalue weighted by atomic mass is 9.87. The third-order valence-corrected chi connectivity index (χ3v) is 4.69. The summed E-state index contributed by atoms with van der Waals surface area (Å²) in [6.07, 6.45) is 3.89. The van der Waals surface area contributed by atoms with Crippen molar-refractivity contribution in [3.05, 3.63) is 35.4 Å². The van der Waals surface area contributed by atoms with Crippen LogP contribution in [0.25, 0.3) is 0 Å². The highest BCUT2D eigenvalue weighted by atomic mass is 15.3. The van der Waals surface area contributed by atoms with Gasteiger partial charge in [0.1, 0.15) is 0 Å². The minimum atomic E-state index is 0.791. The van der Waals surface area contributed by atoms with Gasteiger partial charge in [0.2, 0.25) is 0 Å². The molecule has 1 heterocycles. The Morgan fingerprint density at radius 2 is 1.78 bits per heavy atom. The molecule has 1 aromatic carbocycles. The van der Waals surface area contributed by atoms with Gasteiger partial charge in [-0.1, -0.05) is 31.2 Å². The Bertz CT molecular complexity index is 394. The second kappa shape index (κ2) is 5.41. The van der Waals surface area contributed by atoms with Crippen molar-refractivity contribution in [3.63, 3.8) is 0 Å². The molecule has 18 heavy (non-hydrogen) atoms. The molecule has 0 aromatic heterocycles. The van der Waals surface area contributed by atoms with E-state index >= 15 is 0 Å². The van der Waals surface area contributed by atoms with Crippen molar-refractivity contribution in [3.8, 4) is 0 Å². The van der Waals surface area contributed by atoms with Crippen LogP contribution in [0.4, 0.5) is 0 Å². The Hall–Kier alpha value is -0.860. The van der Waals surface area contributed by atoms with Gasteiger partial charge in [-0.25, -0.2) is 0 Å². The zero-order valence-electron chi connectivity index (χ0n) is 11.4. The van der Waals surface area contributed by atoms with Gasteiger partial charge in [-0.15, -0.1) is 0 Å². The van der Waals surface area contributed by atoms with Crippen molar-refractivity contribution < 1.29 is 0 Å². The third-order valence-electron chi connectivity index (χ3n) is 4.69. The van der Waals surface area contributed by atoms with Gasteiger partial charge in [0, 0.05) is 32.2 Å². The standard InChI is InChI=1S/C16H24N2/c1-2-17-9-11-18(12-10-17)16-8-7-14-5-3-4-6-15(14)13-16/h3-6,16H,2,7-13H2,1H3/t16-/m1/s1. The summed E-state index contributed by atoms with van der Waals surface area (Å²) in [7, 11) is 0. The van der Waals surface area contributed by atoms with E-state index in [0.29, 0.717) is 0 Å². The molecule has 3 rings (SSSR count). The Balaban J connectivity index is 1.63. The predicted octanol–water partition coefficient (Wildman–Crippen LogP) is 2.18. The number of fused-ring (bicyclic) bond motifs is 1. The fourth-order valence-electron chi connectivity index (χ4n) is 3.43. The van der Waals surface area contributed by atoms with Gasteiger partial charge >= 0.3 is 0 Å². The molecule has 0 unspecified atom stereocenters. The number of benzene rings is 1. The van der Waals surface area contributed by atoms with Gasteiger partial charge in [0.05, 0.1) is 0 Å². The summed E-state index contributed by atoms with van der Waals surface area (Å²) < 4.78 is 0. The fourth-order valence-corrected chi connectivity index (χ4v) is 3.43. The van der Waals surface area contributed by atoms with Gasteiger partial charge in [-0.3, -0.25) is 4.90 Å². The molecule has 2 aliphatic rings. The van der Waals surface area contributed by atoms with E-state index in [2.05, 4.69) is 41.0 Å². The number of rotatable bonds is 2. The van der Waals surface area contributed by atoms with E-state index in [0.717, 1.165) is 6.04 Å². The molecule has 0 spiro atoms.